The minimum atomic E-state index is -0.326. The first-order chi connectivity index (χ1) is 7.70. The van der Waals surface area contributed by atoms with Gasteiger partial charge in [-0.2, -0.15) is 0 Å². The number of aromatic nitrogens is 2. The highest BCUT2D eigenvalue weighted by Crippen LogP contribution is 2.23. The standard InChI is InChI=1S/C11H12N4O/c1-15(8-5-3-2-4-6-8)10-9(12)11(16)14-7-13-10/h2-7H,12H2,1H3,(H,13,14,16). The molecule has 5 nitrogen and oxygen atoms in total. The van der Waals surface area contributed by atoms with Crippen LogP contribution in [0, 0.1) is 0 Å². The van der Waals surface area contributed by atoms with Crippen molar-refractivity contribution in [2.45, 2.75) is 0 Å². The Kier molecular flexibility index (Phi) is 2.59. The largest absolute Gasteiger partial charge is 0.391 e. The Hall–Kier alpha value is -2.30. The Morgan fingerprint density at radius 1 is 1.31 bits per heavy atom. The van der Waals surface area contributed by atoms with Crippen LogP contribution in [0.2, 0.25) is 0 Å². The molecule has 0 spiro atoms. The van der Waals surface area contributed by atoms with Crippen molar-refractivity contribution in [3.8, 4) is 0 Å². The van der Waals surface area contributed by atoms with Crippen molar-refractivity contribution in [2.24, 2.45) is 0 Å². The minimum Gasteiger partial charge on any atom is -0.391 e. The van der Waals surface area contributed by atoms with Gasteiger partial charge in [-0.3, -0.25) is 4.79 Å². The van der Waals surface area contributed by atoms with Crippen molar-refractivity contribution in [1.29, 1.82) is 0 Å². The Morgan fingerprint density at radius 2 is 2.00 bits per heavy atom. The molecule has 0 atom stereocenters. The molecule has 0 unspecified atom stereocenters. The van der Waals surface area contributed by atoms with Gasteiger partial charge in [0.2, 0.25) is 0 Å². The lowest BCUT2D eigenvalue weighted by Crippen LogP contribution is -2.20. The summed E-state index contributed by atoms with van der Waals surface area (Å²) in [6.07, 6.45) is 1.34. The van der Waals surface area contributed by atoms with Gasteiger partial charge in [0, 0.05) is 12.7 Å². The van der Waals surface area contributed by atoms with Crippen LogP contribution in [0.5, 0.6) is 0 Å². The summed E-state index contributed by atoms with van der Waals surface area (Å²) in [5.74, 6) is 0.454. The van der Waals surface area contributed by atoms with Crippen molar-refractivity contribution in [1.82, 2.24) is 9.97 Å². The molecule has 0 saturated heterocycles. The third-order valence-corrected chi connectivity index (χ3v) is 2.33. The third kappa shape index (κ3) is 1.75. The molecule has 3 N–H and O–H groups in total. The second kappa shape index (κ2) is 4.06. The number of anilines is 3. The van der Waals surface area contributed by atoms with E-state index in [-0.39, 0.29) is 11.2 Å². The van der Waals surface area contributed by atoms with Gasteiger partial charge in [0.1, 0.15) is 5.69 Å². The second-order valence-electron chi connectivity index (χ2n) is 3.36. The Bertz CT molecular complexity index is 535. The number of H-pyrrole nitrogens is 1. The van der Waals surface area contributed by atoms with E-state index in [4.69, 9.17) is 5.73 Å². The first kappa shape index (κ1) is 10.2. The SMILES string of the molecule is CN(c1ccccc1)c1nc[nH]c(=O)c1N. The Balaban J connectivity index is 2.46. The molecular formula is C11H12N4O. The fourth-order valence-electron chi connectivity index (χ4n) is 1.44. The van der Waals surface area contributed by atoms with E-state index in [0.29, 0.717) is 5.82 Å². The lowest BCUT2D eigenvalue weighted by molar-refractivity contribution is 1.06. The van der Waals surface area contributed by atoms with Gasteiger partial charge in [0.15, 0.2) is 5.82 Å². The van der Waals surface area contributed by atoms with Crippen LogP contribution < -0.4 is 16.2 Å². The maximum absolute atomic E-state index is 11.3. The highest BCUT2D eigenvalue weighted by molar-refractivity contribution is 5.69. The average Bonchev–Trinajstić information content (AvgIpc) is 2.33. The van der Waals surface area contributed by atoms with E-state index in [0.717, 1.165) is 5.69 Å². The molecule has 0 amide bonds. The first-order valence-electron chi connectivity index (χ1n) is 4.82. The van der Waals surface area contributed by atoms with Crippen molar-refractivity contribution in [3.63, 3.8) is 0 Å². The van der Waals surface area contributed by atoms with Crippen molar-refractivity contribution < 1.29 is 0 Å². The lowest BCUT2D eigenvalue weighted by Gasteiger charge is -2.18. The molecule has 0 saturated carbocycles. The van der Waals surface area contributed by atoms with E-state index in [1.54, 1.807) is 4.90 Å². The molecule has 2 rings (SSSR count). The van der Waals surface area contributed by atoms with Crippen LogP contribution in [0.15, 0.2) is 41.5 Å². The zero-order chi connectivity index (χ0) is 11.5. The fraction of sp³-hybridized carbons (Fsp3) is 0.0909. The molecule has 0 aliphatic carbocycles. The molecule has 16 heavy (non-hydrogen) atoms. The molecule has 0 bridgehead atoms. The van der Waals surface area contributed by atoms with Crippen molar-refractivity contribution in [3.05, 3.63) is 47.0 Å². The highest BCUT2D eigenvalue weighted by Gasteiger charge is 2.10. The van der Waals surface area contributed by atoms with Crippen molar-refractivity contribution >= 4 is 17.2 Å². The zero-order valence-electron chi connectivity index (χ0n) is 8.84. The number of nitrogen functional groups attached to an aromatic ring is 1. The molecule has 1 aromatic heterocycles. The Morgan fingerprint density at radius 3 is 2.69 bits per heavy atom. The molecule has 2 aromatic rings. The number of hydrogen-bond donors (Lipinski definition) is 2. The summed E-state index contributed by atoms with van der Waals surface area (Å²) in [4.78, 5) is 19.6. The van der Waals surface area contributed by atoms with Gasteiger partial charge in [0.05, 0.1) is 6.33 Å². The summed E-state index contributed by atoms with van der Waals surface area (Å²) >= 11 is 0. The van der Waals surface area contributed by atoms with E-state index < -0.39 is 0 Å². The van der Waals surface area contributed by atoms with Gasteiger partial charge in [-0.15, -0.1) is 0 Å². The maximum atomic E-state index is 11.3. The van der Waals surface area contributed by atoms with Gasteiger partial charge in [-0.05, 0) is 12.1 Å². The summed E-state index contributed by atoms with van der Waals surface area (Å²) in [5.41, 5.74) is 6.39. The van der Waals surface area contributed by atoms with Gasteiger partial charge >= 0.3 is 0 Å². The number of nitrogens with zero attached hydrogens (tertiary/aromatic N) is 2. The maximum Gasteiger partial charge on any atom is 0.276 e. The summed E-state index contributed by atoms with van der Waals surface area (Å²) in [6.45, 7) is 0. The number of rotatable bonds is 2. The number of aromatic amines is 1. The predicted octanol–water partition coefficient (Wildman–Crippen LogP) is 1.12. The molecule has 1 heterocycles. The molecule has 0 aliphatic heterocycles. The van der Waals surface area contributed by atoms with Gasteiger partial charge in [0.25, 0.3) is 5.56 Å². The summed E-state index contributed by atoms with van der Waals surface area (Å²) < 4.78 is 0. The third-order valence-electron chi connectivity index (χ3n) is 2.33. The van der Waals surface area contributed by atoms with Crippen LogP contribution in [0.25, 0.3) is 0 Å². The minimum absolute atomic E-state index is 0.119. The van der Waals surface area contributed by atoms with Crippen LogP contribution in [0.1, 0.15) is 0 Å². The lowest BCUT2D eigenvalue weighted by atomic mass is 10.3. The van der Waals surface area contributed by atoms with E-state index in [2.05, 4.69) is 9.97 Å². The van der Waals surface area contributed by atoms with Gasteiger partial charge < -0.3 is 15.6 Å². The molecule has 82 valence electrons. The van der Waals surface area contributed by atoms with Crippen LogP contribution in [-0.4, -0.2) is 17.0 Å². The van der Waals surface area contributed by atoms with Crippen LogP contribution >= 0.6 is 0 Å². The van der Waals surface area contributed by atoms with Crippen LogP contribution in [-0.2, 0) is 0 Å². The smallest absolute Gasteiger partial charge is 0.276 e. The number of nitrogens with two attached hydrogens (primary N) is 1. The molecule has 0 aliphatic rings. The quantitative estimate of drug-likeness (QED) is 0.788. The predicted molar refractivity (Wildman–Crippen MR) is 63.8 cm³/mol. The molecule has 5 heteroatoms. The first-order valence-corrected chi connectivity index (χ1v) is 4.82. The van der Waals surface area contributed by atoms with E-state index in [1.807, 2.05) is 37.4 Å². The molecule has 1 aromatic carbocycles. The van der Waals surface area contributed by atoms with Crippen LogP contribution in [0.4, 0.5) is 17.2 Å². The fourth-order valence-corrected chi connectivity index (χ4v) is 1.44. The van der Waals surface area contributed by atoms with Gasteiger partial charge in [-0.1, -0.05) is 18.2 Å². The summed E-state index contributed by atoms with van der Waals surface area (Å²) in [5, 5.41) is 0. The number of hydrogen-bond acceptors (Lipinski definition) is 4. The number of benzene rings is 1. The van der Waals surface area contributed by atoms with Crippen molar-refractivity contribution in [2.75, 3.05) is 17.7 Å². The van der Waals surface area contributed by atoms with E-state index in [1.165, 1.54) is 6.33 Å². The van der Waals surface area contributed by atoms with Crippen LogP contribution in [0.3, 0.4) is 0 Å². The van der Waals surface area contributed by atoms with E-state index >= 15 is 0 Å². The van der Waals surface area contributed by atoms with E-state index in [9.17, 15) is 4.79 Å². The summed E-state index contributed by atoms with van der Waals surface area (Å²) in [7, 11) is 1.81. The molecule has 0 radical (unpaired) electrons. The normalized spacial score (nSPS) is 10.1. The second-order valence-corrected chi connectivity index (χ2v) is 3.36. The summed E-state index contributed by atoms with van der Waals surface area (Å²) in [6, 6.07) is 9.58. The van der Waals surface area contributed by atoms with Gasteiger partial charge in [-0.25, -0.2) is 4.98 Å². The number of nitrogens with one attached hydrogen (secondary N) is 1. The monoisotopic (exact) mass is 216 g/mol. The zero-order valence-corrected chi connectivity index (χ0v) is 8.84. The molecule has 0 fully saturated rings. The number of para-hydroxylation sites is 1. The topological polar surface area (TPSA) is 75.0 Å². The molecular weight excluding hydrogens is 204 g/mol. The highest BCUT2D eigenvalue weighted by atomic mass is 16.1. The Labute approximate surface area is 92.6 Å². The average molecular weight is 216 g/mol.